The second-order valence-electron chi connectivity index (χ2n) is 5.91. The van der Waals surface area contributed by atoms with Gasteiger partial charge in [-0.15, -0.1) is 10.2 Å². The van der Waals surface area contributed by atoms with E-state index < -0.39 is 0 Å². The van der Waals surface area contributed by atoms with E-state index in [2.05, 4.69) is 10.2 Å². The van der Waals surface area contributed by atoms with Crippen molar-refractivity contribution < 1.29 is 4.74 Å². The lowest BCUT2D eigenvalue weighted by Gasteiger charge is -2.10. The predicted molar refractivity (Wildman–Crippen MR) is 107 cm³/mol. The first-order valence-corrected chi connectivity index (χ1v) is 9.72. The Labute approximate surface area is 166 Å². The number of halogens is 2. The number of nitrogen functional groups attached to an aromatic ring is 1. The van der Waals surface area contributed by atoms with E-state index >= 15 is 0 Å². The Bertz CT molecular complexity index is 914. The van der Waals surface area contributed by atoms with Crippen LogP contribution in [0.1, 0.15) is 19.4 Å². The molecule has 0 saturated carbocycles. The molecule has 0 aliphatic heterocycles. The van der Waals surface area contributed by atoms with E-state index in [1.165, 1.54) is 16.4 Å². The minimum Gasteiger partial charge on any atom is -0.491 e. The molecular weight excluding hydrogens is 391 g/mol. The fraction of sp³-hybridized carbons (Fsp3) is 0.222. The Hall–Kier alpha value is -1.89. The van der Waals surface area contributed by atoms with E-state index in [-0.39, 0.29) is 6.10 Å². The molecule has 136 valence electrons. The highest BCUT2D eigenvalue weighted by atomic mass is 35.5. The van der Waals surface area contributed by atoms with Gasteiger partial charge in [-0.25, -0.2) is 4.68 Å². The molecule has 0 unspecified atom stereocenters. The van der Waals surface area contributed by atoms with Crippen LogP contribution < -0.4 is 10.6 Å². The molecule has 26 heavy (non-hydrogen) atoms. The normalized spacial score (nSPS) is 11.1. The quantitative estimate of drug-likeness (QED) is 0.456. The van der Waals surface area contributed by atoms with Crippen LogP contribution in [0.3, 0.4) is 0 Å². The summed E-state index contributed by atoms with van der Waals surface area (Å²) in [5.74, 6) is 8.19. The minimum absolute atomic E-state index is 0.0957. The van der Waals surface area contributed by atoms with Crippen LogP contribution >= 0.6 is 35.0 Å². The summed E-state index contributed by atoms with van der Waals surface area (Å²) < 4.78 is 7.21. The Morgan fingerprint density at radius 1 is 1.12 bits per heavy atom. The summed E-state index contributed by atoms with van der Waals surface area (Å²) in [6.45, 7) is 3.96. The number of rotatable bonds is 6. The van der Waals surface area contributed by atoms with E-state index in [9.17, 15) is 0 Å². The van der Waals surface area contributed by atoms with Crippen LogP contribution in [-0.4, -0.2) is 21.0 Å². The summed E-state index contributed by atoms with van der Waals surface area (Å²) in [7, 11) is 0. The summed E-state index contributed by atoms with van der Waals surface area (Å²) >= 11 is 13.5. The van der Waals surface area contributed by atoms with Gasteiger partial charge in [-0.3, -0.25) is 0 Å². The maximum Gasteiger partial charge on any atom is 0.210 e. The fourth-order valence-electron chi connectivity index (χ4n) is 2.33. The Morgan fingerprint density at radius 3 is 2.65 bits per heavy atom. The molecule has 0 amide bonds. The van der Waals surface area contributed by atoms with Crippen LogP contribution in [-0.2, 0) is 5.75 Å². The number of ether oxygens (including phenoxy) is 1. The molecule has 5 nitrogen and oxygen atoms in total. The number of nitrogens with zero attached hydrogens (tertiary/aromatic N) is 3. The highest BCUT2D eigenvalue weighted by molar-refractivity contribution is 7.98. The van der Waals surface area contributed by atoms with Crippen molar-refractivity contribution in [2.24, 2.45) is 0 Å². The lowest BCUT2D eigenvalue weighted by atomic mass is 10.2. The second kappa shape index (κ2) is 8.20. The molecule has 2 N–H and O–H groups in total. The number of hydrogen-bond donors (Lipinski definition) is 1. The zero-order valence-corrected chi connectivity index (χ0v) is 16.6. The predicted octanol–water partition coefficient (Wildman–Crippen LogP) is 5.05. The zero-order valence-electron chi connectivity index (χ0n) is 14.3. The molecule has 3 aromatic rings. The molecule has 3 rings (SSSR count). The smallest absolute Gasteiger partial charge is 0.210 e. The first kappa shape index (κ1) is 18.9. The molecule has 0 radical (unpaired) electrons. The van der Waals surface area contributed by atoms with Crippen LogP contribution in [0.25, 0.3) is 11.4 Å². The highest BCUT2D eigenvalue weighted by Crippen LogP contribution is 2.29. The third-order valence-corrected chi connectivity index (χ3v) is 5.23. The number of benzene rings is 2. The van der Waals surface area contributed by atoms with Gasteiger partial charge in [0.15, 0.2) is 5.82 Å². The van der Waals surface area contributed by atoms with Crippen molar-refractivity contribution in [2.45, 2.75) is 30.9 Å². The SMILES string of the molecule is CC(C)Oc1cccc(-c2nnc(SCc3ccc(Cl)c(Cl)c3)n2N)c1. The molecule has 1 aromatic heterocycles. The lowest BCUT2D eigenvalue weighted by molar-refractivity contribution is 0.242. The van der Waals surface area contributed by atoms with Crippen molar-refractivity contribution in [3.63, 3.8) is 0 Å². The van der Waals surface area contributed by atoms with Crippen molar-refractivity contribution in [3.8, 4) is 17.1 Å². The van der Waals surface area contributed by atoms with Gasteiger partial charge in [0, 0.05) is 11.3 Å². The van der Waals surface area contributed by atoms with E-state index in [0.717, 1.165) is 16.9 Å². The zero-order chi connectivity index (χ0) is 18.7. The maximum absolute atomic E-state index is 6.19. The average Bonchev–Trinajstić information content (AvgIpc) is 2.96. The molecule has 2 aromatic carbocycles. The first-order valence-electron chi connectivity index (χ1n) is 7.98. The van der Waals surface area contributed by atoms with Gasteiger partial charge in [0.1, 0.15) is 5.75 Å². The Kier molecular flexibility index (Phi) is 5.96. The lowest BCUT2D eigenvalue weighted by Crippen LogP contribution is -2.11. The number of hydrogen-bond acceptors (Lipinski definition) is 5. The van der Waals surface area contributed by atoms with E-state index in [4.69, 9.17) is 33.8 Å². The Morgan fingerprint density at radius 2 is 1.92 bits per heavy atom. The molecule has 8 heteroatoms. The number of nitrogens with two attached hydrogens (primary N) is 1. The molecule has 0 atom stereocenters. The Balaban J connectivity index is 1.76. The van der Waals surface area contributed by atoms with Crippen molar-refractivity contribution >= 4 is 35.0 Å². The molecule has 1 heterocycles. The van der Waals surface area contributed by atoms with Gasteiger partial charge in [0.05, 0.1) is 16.1 Å². The number of thioether (sulfide) groups is 1. The molecule has 0 bridgehead atoms. The van der Waals surface area contributed by atoms with E-state index in [0.29, 0.717) is 26.8 Å². The van der Waals surface area contributed by atoms with Gasteiger partial charge >= 0.3 is 0 Å². The van der Waals surface area contributed by atoms with Crippen LogP contribution in [0.15, 0.2) is 47.6 Å². The molecule has 0 spiro atoms. The van der Waals surface area contributed by atoms with Gasteiger partial charge in [0.2, 0.25) is 5.16 Å². The molecule has 0 saturated heterocycles. The van der Waals surface area contributed by atoms with Crippen molar-refractivity contribution in [1.82, 2.24) is 14.9 Å². The van der Waals surface area contributed by atoms with Crippen LogP contribution in [0.2, 0.25) is 10.0 Å². The average molecular weight is 409 g/mol. The van der Waals surface area contributed by atoms with E-state index in [1.54, 1.807) is 6.07 Å². The third kappa shape index (κ3) is 4.44. The van der Waals surface area contributed by atoms with Gasteiger partial charge in [-0.05, 0) is 43.7 Å². The fourth-order valence-corrected chi connectivity index (χ4v) is 3.45. The van der Waals surface area contributed by atoms with E-state index in [1.807, 2.05) is 50.2 Å². The monoisotopic (exact) mass is 408 g/mol. The van der Waals surface area contributed by atoms with Crippen molar-refractivity contribution in [3.05, 3.63) is 58.1 Å². The van der Waals surface area contributed by atoms with Gasteiger partial charge in [-0.1, -0.05) is 53.2 Å². The molecule has 0 aliphatic rings. The third-order valence-electron chi connectivity index (χ3n) is 3.48. The van der Waals surface area contributed by atoms with Crippen molar-refractivity contribution in [2.75, 3.05) is 5.84 Å². The summed E-state index contributed by atoms with van der Waals surface area (Å²) in [5, 5.41) is 10.1. The van der Waals surface area contributed by atoms with Crippen LogP contribution in [0.4, 0.5) is 0 Å². The standard InChI is InChI=1S/C18H18Cl2N4OS/c1-11(2)25-14-5-3-4-13(9-14)17-22-23-18(24(17)21)26-10-12-6-7-15(19)16(20)8-12/h3-9,11H,10,21H2,1-2H3. The molecular formula is C18H18Cl2N4OS. The largest absolute Gasteiger partial charge is 0.491 e. The number of aromatic nitrogens is 3. The summed E-state index contributed by atoms with van der Waals surface area (Å²) in [5.41, 5.74) is 1.88. The second-order valence-corrected chi connectivity index (χ2v) is 7.66. The topological polar surface area (TPSA) is 66.0 Å². The summed E-state index contributed by atoms with van der Waals surface area (Å²) in [6.07, 6.45) is 0.0957. The van der Waals surface area contributed by atoms with Crippen LogP contribution in [0, 0.1) is 0 Å². The van der Waals surface area contributed by atoms with Crippen molar-refractivity contribution in [1.29, 1.82) is 0 Å². The summed E-state index contributed by atoms with van der Waals surface area (Å²) in [6, 6.07) is 13.2. The van der Waals surface area contributed by atoms with Crippen LogP contribution in [0.5, 0.6) is 5.75 Å². The highest BCUT2D eigenvalue weighted by Gasteiger charge is 2.13. The van der Waals surface area contributed by atoms with Gasteiger partial charge in [0.25, 0.3) is 0 Å². The molecule has 0 fully saturated rings. The molecule has 0 aliphatic carbocycles. The maximum atomic E-state index is 6.19. The summed E-state index contributed by atoms with van der Waals surface area (Å²) in [4.78, 5) is 0. The minimum atomic E-state index is 0.0957. The van der Waals surface area contributed by atoms with Gasteiger partial charge in [-0.2, -0.15) is 0 Å². The van der Waals surface area contributed by atoms with Gasteiger partial charge < -0.3 is 10.6 Å². The first-order chi connectivity index (χ1) is 12.4.